The van der Waals surface area contributed by atoms with Crippen molar-refractivity contribution in [1.29, 1.82) is 0 Å². The zero-order chi connectivity index (χ0) is 13.8. The fraction of sp³-hybridized carbons (Fsp3) is 0.429. The van der Waals surface area contributed by atoms with Gasteiger partial charge in [0.25, 0.3) is 5.91 Å². The van der Waals surface area contributed by atoms with Gasteiger partial charge in [0.1, 0.15) is 11.6 Å². The number of ketones is 1. The smallest absolute Gasteiger partial charge is 0.254 e. The molecule has 4 nitrogen and oxygen atoms in total. The van der Waals surface area contributed by atoms with E-state index < -0.39 is 5.82 Å². The molecule has 1 saturated heterocycles. The fourth-order valence-corrected chi connectivity index (χ4v) is 2.23. The normalized spacial score (nSPS) is 16.4. The summed E-state index contributed by atoms with van der Waals surface area (Å²) in [5.74, 6) is -0.423. The second-order valence-electron chi connectivity index (χ2n) is 4.78. The highest BCUT2D eigenvalue weighted by Gasteiger charge is 2.22. The van der Waals surface area contributed by atoms with Crippen LogP contribution in [0.3, 0.4) is 0 Å². The minimum atomic E-state index is -0.402. The summed E-state index contributed by atoms with van der Waals surface area (Å²) in [6, 6.07) is 5.73. The Kier molecular flexibility index (Phi) is 4.27. The van der Waals surface area contributed by atoms with Gasteiger partial charge in [-0.05, 0) is 25.1 Å². The number of carbonyl (C=O) groups excluding carboxylic acids is 2. The maximum Gasteiger partial charge on any atom is 0.254 e. The molecule has 1 aliphatic heterocycles. The van der Waals surface area contributed by atoms with Crippen molar-refractivity contribution in [2.45, 2.75) is 6.92 Å². The number of Topliss-reactive ketones (excluding diaryl/α,β-unsaturated/α-hetero) is 1. The number of hydrogen-bond donors (Lipinski definition) is 0. The summed E-state index contributed by atoms with van der Waals surface area (Å²) in [5.41, 5.74) is 0.375. The van der Waals surface area contributed by atoms with Crippen LogP contribution in [0.15, 0.2) is 24.3 Å². The summed E-state index contributed by atoms with van der Waals surface area (Å²) in [4.78, 5) is 26.9. The molecule has 5 heteroatoms. The molecule has 0 atom stereocenters. The van der Waals surface area contributed by atoms with Crippen molar-refractivity contribution in [1.82, 2.24) is 9.80 Å². The lowest BCUT2D eigenvalue weighted by molar-refractivity contribution is -0.118. The highest BCUT2D eigenvalue weighted by atomic mass is 19.1. The Balaban J connectivity index is 1.94. The SMILES string of the molecule is CC(=O)CN1CCN(C(=O)c2cccc(F)c2)CC1. The maximum atomic E-state index is 13.1. The van der Waals surface area contributed by atoms with Crippen LogP contribution in [0.5, 0.6) is 0 Å². The highest BCUT2D eigenvalue weighted by molar-refractivity contribution is 5.94. The molecule has 102 valence electrons. The average Bonchev–Trinajstić information content (AvgIpc) is 2.38. The van der Waals surface area contributed by atoms with Gasteiger partial charge < -0.3 is 4.90 Å². The lowest BCUT2D eigenvalue weighted by Crippen LogP contribution is -2.49. The molecule has 0 bridgehead atoms. The fourth-order valence-electron chi connectivity index (χ4n) is 2.23. The van der Waals surface area contributed by atoms with Gasteiger partial charge in [0.2, 0.25) is 0 Å². The van der Waals surface area contributed by atoms with E-state index in [1.807, 2.05) is 4.90 Å². The summed E-state index contributed by atoms with van der Waals surface area (Å²) in [7, 11) is 0. The number of piperazine rings is 1. The topological polar surface area (TPSA) is 40.6 Å². The zero-order valence-electron chi connectivity index (χ0n) is 10.9. The molecule has 0 spiro atoms. The number of amides is 1. The van der Waals surface area contributed by atoms with Gasteiger partial charge in [-0.25, -0.2) is 4.39 Å². The van der Waals surface area contributed by atoms with Crippen LogP contribution >= 0.6 is 0 Å². The summed E-state index contributed by atoms with van der Waals surface area (Å²) in [5, 5.41) is 0. The van der Waals surface area contributed by atoms with Crippen LogP contribution in [0.4, 0.5) is 4.39 Å². The van der Waals surface area contributed by atoms with Crippen LogP contribution in [0, 0.1) is 5.82 Å². The second-order valence-corrected chi connectivity index (χ2v) is 4.78. The van der Waals surface area contributed by atoms with Crippen molar-refractivity contribution in [3.05, 3.63) is 35.6 Å². The molecular formula is C14H17FN2O2. The van der Waals surface area contributed by atoms with E-state index in [-0.39, 0.29) is 11.7 Å². The molecule has 19 heavy (non-hydrogen) atoms. The van der Waals surface area contributed by atoms with Gasteiger partial charge >= 0.3 is 0 Å². The first-order chi connectivity index (χ1) is 9.06. The van der Waals surface area contributed by atoms with Gasteiger partial charge in [0.15, 0.2) is 0 Å². The average molecular weight is 264 g/mol. The number of hydrogen-bond acceptors (Lipinski definition) is 3. The van der Waals surface area contributed by atoms with Crippen molar-refractivity contribution in [2.24, 2.45) is 0 Å². The van der Waals surface area contributed by atoms with Gasteiger partial charge in [-0.3, -0.25) is 14.5 Å². The standard InChI is InChI=1S/C14H17FN2O2/c1-11(18)10-16-5-7-17(8-6-16)14(19)12-3-2-4-13(15)9-12/h2-4,9H,5-8,10H2,1H3. The number of rotatable bonds is 3. The zero-order valence-corrected chi connectivity index (χ0v) is 10.9. The van der Waals surface area contributed by atoms with Crippen molar-refractivity contribution < 1.29 is 14.0 Å². The van der Waals surface area contributed by atoms with E-state index in [1.54, 1.807) is 17.9 Å². The molecule has 0 radical (unpaired) electrons. The second kappa shape index (κ2) is 5.93. The molecule has 1 aromatic rings. The Morgan fingerprint density at radius 1 is 1.21 bits per heavy atom. The van der Waals surface area contributed by atoms with E-state index in [0.29, 0.717) is 38.3 Å². The molecular weight excluding hydrogens is 247 g/mol. The highest BCUT2D eigenvalue weighted by Crippen LogP contribution is 2.10. The van der Waals surface area contributed by atoms with Gasteiger partial charge in [-0.15, -0.1) is 0 Å². The van der Waals surface area contributed by atoms with E-state index in [9.17, 15) is 14.0 Å². The van der Waals surface area contributed by atoms with Gasteiger partial charge in [0, 0.05) is 31.7 Å². The summed E-state index contributed by atoms with van der Waals surface area (Å²) >= 11 is 0. The number of halogens is 1. The number of nitrogens with zero attached hydrogens (tertiary/aromatic N) is 2. The van der Waals surface area contributed by atoms with Crippen molar-refractivity contribution in [3.8, 4) is 0 Å². The van der Waals surface area contributed by atoms with E-state index >= 15 is 0 Å². The van der Waals surface area contributed by atoms with Crippen molar-refractivity contribution in [2.75, 3.05) is 32.7 Å². The van der Waals surface area contributed by atoms with E-state index in [2.05, 4.69) is 0 Å². The quantitative estimate of drug-likeness (QED) is 0.823. The lowest BCUT2D eigenvalue weighted by Gasteiger charge is -2.34. The molecule has 0 aliphatic carbocycles. The summed E-state index contributed by atoms with van der Waals surface area (Å²) in [6.45, 7) is 4.50. The van der Waals surface area contributed by atoms with Crippen molar-refractivity contribution >= 4 is 11.7 Å². The molecule has 1 aliphatic rings. The lowest BCUT2D eigenvalue weighted by atomic mass is 10.1. The molecule has 0 N–H and O–H groups in total. The molecule has 0 saturated carbocycles. The van der Waals surface area contributed by atoms with Crippen LogP contribution in [-0.2, 0) is 4.79 Å². The predicted molar refractivity (Wildman–Crippen MR) is 69.4 cm³/mol. The molecule has 1 amide bonds. The van der Waals surface area contributed by atoms with Crippen LogP contribution in [0.2, 0.25) is 0 Å². The van der Waals surface area contributed by atoms with Crippen LogP contribution in [-0.4, -0.2) is 54.2 Å². The third-order valence-corrected chi connectivity index (χ3v) is 3.18. The molecule has 1 heterocycles. The number of carbonyl (C=O) groups is 2. The molecule has 1 aromatic carbocycles. The largest absolute Gasteiger partial charge is 0.336 e. The molecule has 1 fully saturated rings. The first-order valence-electron chi connectivity index (χ1n) is 6.33. The Morgan fingerprint density at radius 3 is 2.47 bits per heavy atom. The van der Waals surface area contributed by atoms with Crippen LogP contribution in [0.25, 0.3) is 0 Å². The number of benzene rings is 1. The minimum Gasteiger partial charge on any atom is -0.336 e. The maximum absolute atomic E-state index is 13.1. The monoisotopic (exact) mass is 264 g/mol. The first-order valence-corrected chi connectivity index (χ1v) is 6.33. The Morgan fingerprint density at radius 2 is 1.89 bits per heavy atom. The third kappa shape index (κ3) is 3.61. The Hall–Kier alpha value is -1.75. The van der Waals surface area contributed by atoms with E-state index in [4.69, 9.17) is 0 Å². The van der Waals surface area contributed by atoms with E-state index in [1.165, 1.54) is 18.2 Å². The minimum absolute atomic E-state index is 0.130. The van der Waals surface area contributed by atoms with Crippen LogP contribution < -0.4 is 0 Å². The Labute approximate surface area is 111 Å². The first kappa shape index (κ1) is 13.7. The Bertz CT molecular complexity index is 482. The molecule has 0 aromatic heterocycles. The van der Waals surface area contributed by atoms with Crippen LogP contribution in [0.1, 0.15) is 17.3 Å². The summed E-state index contributed by atoms with van der Waals surface area (Å²) in [6.07, 6.45) is 0. The predicted octanol–water partition coefficient (Wildman–Crippen LogP) is 1.17. The van der Waals surface area contributed by atoms with E-state index in [0.717, 1.165) is 0 Å². The molecule has 0 unspecified atom stereocenters. The molecule has 2 rings (SSSR count). The summed E-state index contributed by atoms with van der Waals surface area (Å²) < 4.78 is 13.1. The van der Waals surface area contributed by atoms with Crippen molar-refractivity contribution in [3.63, 3.8) is 0 Å². The van der Waals surface area contributed by atoms with Gasteiger partial charge in [0.05, 0.1) is 6.54 Å². The third-order valence-electron chi connectivity index (χ3n) is 3.18. The van der Waals surface area contributed by atoms with Gasteiger partial charge in [-0.2, -0.15) is 0 Å². The van der Waals surface area contributed by atoms with Gasteiger partial charge in [-0.1, -0.05) is 6.07 Å².